The van der Waals surface area contributed by atoms with Crippen molar-refractivity contribution < 1.29 is 28.5 Å². The van der Waals surface area contributed by atoms with Crippen molar-refractivity contribution >= 4 is 17.6 Å². The number of anilines is 1. The van der Waals surface area contributed by atoms with Gasteiger partial charge in [0.15, 0.2) is 11.5 Å². The SMILES string of the molecule is COc1ccc(OC)c([C@@H]2CCCN2CC(=O)NC(=O)Nc2ccc3c(c2)OCCO3)c1. The van der Waals surface area contributed by atoms with Gasteiger partial charge >= 0.3 is 6.03 Å². The second kappa shape index (κ2) is 9.78. The minimum absolute atomic E-state index is 0.00616. The third-order valence-electron chi connectivity index (χ3n) is 5.56. The summed E-state index contributed by atoms with van der Waals surface area (Å²) in [6.07, 6.45) is 1.84. The summed E-state index contributed by atoms with van der Waals surface area (Å²) < 4.78 is 21.9. The Kier molecular flexibility index (Phi) is 6.65. The van der Waals surface area contributed by atoms with Crippen LogP contribution >= 0.6 is 0 Å². The summed E-state index contributed by atoms with van der Waals surface area (Å²) in [5.41, 5.74) is 1.48. The first kappa shape index (κ1) is 21.8. The molecule has 1 saturated heterocycles. The molecule has 0 saturated carbocycles. The van der Waals surface area contributed by atoms with E-state index in [2.05, 4.69) is 10.6 Å². The molecule has 0 spiro atoms. The molecule has 0 aromatic heterocycles. The summed E-state index contributed by atoms with van der Waals surface area (Å²) in [7, 11) is 3.24. The number of amides is 3. The van der Waals surface area contributed by atoms with Gasteiger partial charge in [0.2, 0.25) is 5.91 Å². The van der Waals surface area contributed by atoms with Gasteiger partial charge in [-0.05, 0) is 49.7 Å². The van der Waals surface area contributed by atoms with E-state index >= 15 is 0 Å². The molecule has 9 heteroatoms. The second-order valence-corrected chi connectivity index (χ2v) is 7.60. The quantitative estimate of drug-likeness (QED) is 0.711. The monoisotopic (exact) mass is 441 g/mol. The number of urea groups is 1. The van der Waals surface area contributed by atoms with Crippen LogP contribution in [-0.4, -0.2) is 57.4 Å². The van der Waals surface area contributed by atoms with Gasteiger partial charge in [0, 0.05) is 23.4 Å². The standard InChI is InChI=1S/C23H27N3O6/c1-29-16-6-8-19(30-2)17(13-16)18-4-3-9-26(18)14-22(27)25-23(28)24-15-5-7-20-21(12-15)32-11-10-31-20/h5-8,12-13,18H,3-4,9-11,14H2,1-2H3,(H2,24,25,27,28)/t18-/m0/s1. The van der Waals surface area contributed by atoms with Crippen LogP contribution in [0.2, 0.25) is 0 Å². The number of likely N-dealkylation sites (tertiary alicyclic amines) is 1. The largest absolute Gasteiger partial charge is 0.497 e. The van der Waals surface area contributed by atoms with Crippen LogP contribution in [0.15, 0.2) is 36.4 Å². The third-order valence-corrected chi connectivity index (χ3v) is 5.56. The fourth-order valence-corrected chi connectivity index (χ4v) is 4.10. The molecule has 2 N–H and O–H groups in total. The van der Waals surface area contributed by atoms with Crippen LogP contribution in [0.5, 0.6) is 23.0 Å². The number of nitrogens with one attached hydrogen (secondary N) is 2. The summed E-state index contributed by atoms with van der Waals surface area (Å²) in [5, 5.41) is 5.06. The molecule has 1 atom stereocenters. The van der Waals surface area contributed by atoms with Crippen LogP contribution in [0.25, 0.3) is 0 Å². The van der Waals surface area contributed by atoms with Crippen molar-refractivity contribution in [2.24, 2.45) is 0 Å². The second-order valence-electron chi connectivity index (χ2n) is 7.60. The van der Waals surface area contributed by atoms with Gasteiger partial charge in [-0.1, -0.05) is 0 Å². The van der Waals surface area contributed by atoms with Crippen molar-refractivity contribution in [3.05, 3.63) is 42.0 Å². The van der Waals surface area contributed by atoms with Gasteiger partial charge in [0.05, 0.1) is 20.8 Å². The Labute approximate surface area is 186 Å². The molecule has 0 radical (unpaired) electrons. The van der Waals surface area contributed by atoms with E-state index in [0.717, 1.165) is 36.4 Å². The Balaban J connectivity index is 1.37. The zero-order valence-corrected chi connectivity index (χ0v) is 18.2. The number of rotatable bonds is 6. The summed E-state index contributed by atoms with van der Waals surface area (Å²) in [4.78, 5) is 26.9. The molecule has 3 amide bonds. The predicted molar refractivity (Wildman–Crippen MR) is 118 cm³/mol. The molecular weight excluding hydrogens is 414 g/mol. The highest BCUT2D eigenvalue weighted by Gasteiger charge is 2.30. The lowest BCUT2D eigenvalue weighted by molar-refractivity contribution is -0.121. The molecule has 2 aliphatic rings. The molecule has 0 aliphatic carbocycles. The van der Waals surface area contributed by atoms with Crippen LogP contribution in [0, 0.1) is 0 Å². The number of nitrogens with zero attached hydrogens (tertiary/aromatic N) is 1. The van der Waals surface area contributed by atoms with E-state index in [1.165, 1.54) is 0 Å². The predicted octanol–water partition coefficient (Wildman–Crippen LogP) is 2.96. The first-order valence-corrected chi connectivity index (χ1v) is 10.5. The molecular formula is C23H27N3O6. The zero-order chi connectivity index (χ0) is 22.5. The van der Waals surface area contributed by atoms with Gasteiger partial charge in [0.1, 0.15) is 24.7 Å². The fraction of sp³-hybridized carbons (Fsp3) is 0.391. The maximum atomic E-state index is 12.6. The van der Waals surface area contributed by atoms with Crippen molar-refractivity contribution in [3.8, 4) is 23.0 Å². The average molecular weight is 441 g/mol. The van der Waals surface area contributed by atoms with Gasteiger partial charge in [-0.3, -0.25) is 15.0 Å². The summed E-state index contributed by atoms with van der Waals surface area (Å²) in [6.45, 7) is 1.80. The number of imide groups is 1. The van der Waals surface area contributed by atoms with Crippen molar-refractivity contribution in [2.45, 2.75) is 18.9 Å². The van der Waals surface area contributed by atoms with E-state index in [9.17, 15) is 9.59 Å². The number of carbonyl (C=O) groups excluding carboxylic acids is 2. The molecule has 0 bridgehead atoms. The minimum atomic E-state index is -0.596. The summed E-state index contributed by atoms with van der Waals surface area (Å²) >= 11 is 0. The van der Waals surface area contributed by atoms with Crippen LogP contribution in [0.4, 0.5) is 10.5 Å². The molecule has 9 nitrogen and oxygen atoms in total. The van der Waals surface area contributed by atoms with Crippen molar-refractivity contribution in [1.82, 2.24) is 10.2 Å². The first-order chi connectivity index (χ1) is 15.6. The summed E-state index contributed by atoms with van der Waals surface area (Å²) in [5.74, 6) is 2.29. The molecule has 0 unspecified atom stereocenters. The number of carbonyl (C=O) groups is 2. The van der Waals surface area contributed by atoms with Crippen molar-refractivity contribution in [3.63, 3.8) is 0 Å². The maximum Gasteiger partial charge on any atom is 0.325 e. The Morgan fingerprint density at radius 1 is 1.06 bits per heavy atom. The van der Waals surface area contributed by atoms with Gasteiger partial charge in [-0.15, -0.1) is 0 Å². The molecule has 2 heterocycles. The van der Waals surface area contributed by atoms with Gasteiger partial charge in [-0.2, -0.15) is 0 Å². The average Bonchev–Trinajstić information content (AvgIpc) is 3.26. The highest BCUT2D eigenvalue weighted by Crippen LogP contribution is 2.38. The van der Waals surface area contributed by atoms with E-state index in [1.807, 2.05) is 23.1 Å². The zero-order valence-electron chi connectivity index (χ0n) is 18.2. The normalized spacial score (nSPS) is 17.5. The summed E-state index contributed by atoms with van der Waals surface area (Å²) in [6, 6.07) is 10.2. The van der Waals surface area contributed by atoms with Crippen molar-refractivity contribution in [2.75, 3.05) is 45.8 Å². The van der Waals surface area contributed by atoms with E-state index in [0.29, 0.717) is 30.4 Å². The highest BCUT2D eigenvalue weighted by molar-refractivity contribution is 6.01. The van der Waals surface area contributed by atoms with Crippen molar-refractivity contribution in [1.29, 1.82) is 0 Å². The molecule has 170 valence electrons. The highest BCUT2D eigenvalue weighted by atomic mass is 16.6. The van der Waals surface area contributed by atoms with Gasteiger partial charge in [-0.25, -0.2) is 4.79 Å². The van der Waals surface area contributed by atoms with E-state index in [-0.39, 0.29) is 18.5 Å². The van der Waals surface area contributed by atoms with Gasteiger partial charge in [0.25, 0.3) is 0 Å². The lowest BCUT2D eigenvalue weighted by atomic mass is 10.0. The fourth-order valence-electron chi connectivity index (χ4n) is 4.10. The molecule has 2 aliphatic heterocycles. The topological polar surface area (TPSA) is 98.4 Å². The third kappa shape index (κ3) is 4.88. The molecule has 32 heavy (non-hydrogen) atoms. The van der Waals surface area contributed by atoms with Gasteiger partial charge < -0.3 is 24.3 Å². The van der Waals surface area contributed by atoms with Crippen LogP contribution in [-0.2, 0) is 4.79 Å². The Morgan fingerprint density at radius 2 is 1.88 bits per heavy atom. The van der Waals surface area contributed by atoms with E-state index in [1.54, 1.807) is 32.4 Å². The number of ether oxygens (including phenoxy) is 4. The molecule has 4 rings (SSSR count). The van der Waals surface area contributed by atoms with Crippen LogP contribution in [0.3, 0.4) is 0 Å². The number of methoxy groups -OCH3 is 2. The van der Waals surface area contributed by atoms with E-state index in [4.69, 9.17) is 18.9 Å². The number of hydrogen-bond donors (Lipinski definition) is 2. The minimum Gasteiger partial charge on any atom is -0.497 e. The lowest BCUT2D eigenvalue weighted by Gasteiger charge is -2.25. The Morgan fingerprint density at radius 3 is 2.66 bits per heavy atom. The van der Waals surface area contributed by atoms with E-state index < -0.39 is 6.03 Å². The lowest BCUT2D eigenvalue weighted by Crippen LogP contribution is -2.41. The Hall–Kier alpha value is -3.46. The number of benzene rings is 2. The van der Waals surface area contributed by atoms with Crippen LogP contribution < -0.4 is 29.6 Å². The maximum absolute atomic E-state index is 12.6. The molecule has 2 aromatic carbocycles. The molecule has 2 aromatic rings. The van der Waals surface area contributed by atoms with Crippen LogP contribution in [0.1, 0.15) is 24.4 Å². The first-order valence-electron chi connectivity index (χ1n) is 10.5. The Bertz CT molecular complexity index is 996. The number of fused-ring (bicyclic) bond motifs is 1. The molecule has 1 fully saturated rings. The smallest absolute Gasteiger partial charge is 0.325 e. The number of hydrogen-bond acceptors (Lipinski definition) is 7.